The summed E-state index contributed by atoms with van der Waals surface area (Å²) in [6, 6.07) is 6.53. The minimum absolute atomic E-state index is 0.0789. The van der Waals surface area contributed by atoms with E-state index >= 15 is 0 Å². The fourth-order valence-electron chi connectivity index (χ4n) is 2.88. The molecule has 26 heavy (non-hydrogen) atoms. The van der Waals surface area contributed by atoms with Crippen LogP contribution in [-0.4, -0.2) is 36.9 Å². The van der Waals surface area contributed by atoms with Gasteiger partial charge in [0.05, 0.1) is 32.8 Å². The van der Waals surface area contributed by atoms with Gasteiger partial charge in [-0.05, 0) is 38.1 Å². The van der Waals surface area contributed by atoms with Crippen molar-refractivity contribution in [1.29, 1.82) is 0 Å². The number of esters is 1. The van der Waals surface area contributed by atoms with E-state index in [-0.39, 0.29) is 24.3 Å². The first-order valence-electron chi connectivity index (χ1n) is 8.21. The molecule has 1 unspecified atom stereocenters. The molecular formula is C19H23NO6. The van der Waals surface area contributed by atoms with Gasteiger partial charge in [-0.3, -0.25) is 9.59 Å². The van der Waals surface area contributed by atoms with Crippen LogP contribution in [0, 0.1) is 6.92 Å². The highest BCUT2D eigenvalue weighted by Crippen LogP contribution is 2.38. The average molecular weight is 361 g/mol. The van der Waals surface area contributed by atoms with Crippen LogP contribution in [0.2, 0.25) is 0 Å². The molecular weight excluding hydrogens is 338 g/mol. The number of methoxy groups -OCH3 is 2. The Labute approximate surface area is 151 Å². The first-order valence-corrected chi connectivity index (χ1v) is 8.21. The summed E-state index contributed by atoms with van der Waals surface area (Å²) in [6.07, 6.45) is -0.128. The van der Waals surface area contributed by atoms with Crippen molar-refractivity contribution < 1.29 is 24.1 Å². The Hall–Kier alpha value is -2.96. The van der Waals surface area contributed by atoms with Gasteiger partial charge in [0.2, 0.25) is 0 Å². The zero-order valence-electron chi connectivity index (χ0n) is 15.3. The molecule has 7 heteroatoms. The lowest BCUT2D eigenvalue weighted by molar-refractivity contribution is -0.143. The third-order valence-corrected chi connectivity index (χ3v) is 4.02. The average Bonchev–Trinajstić information content (AvgIpc) is 2.59. The van der Waals surface area contributed by atoms with Crippen LogP contribution in [-0.2, 0) is 9.53 Å². The number of ether oxygens (including phenoxy) is 3. The third-order valence-electron chi connectivity index (χ3n) is 4.02. The zero-order chi connectivity index (χ0) is 19.3. The molecule has 1 atom stereocenters. The van der Waals surface area contributed by atoms with Gasteiger partial charge in [-0.25, -0.2) is 0 Å². The Bertz CT molecular complexity index is 842. The normalized spacial score (nSPS) is 11.7. The summed E-state index contributed by atoms with van der Waals surface area (Å²) < 4.78 is 15.7. The summed E-state index contributed by atoms with van der Waals surface area (Å²) in [5.74, 6) is -0.423. The van der Waals surface area contributed by atoms with Crippen molar-refractivity contribution in [3.63, 3.8) is 0 Å². The molecule has 1 heterocycles. The van der Waals surface area contributed by atoms with E-state index < -0.39 is 17.4 Å². The van der Waals surface area contributed by atoms with Crippen molar-refractivity contribution in [2.24, 2.45) is 0 Å². The molecule has 2 N–H and O–H groups in total. The van der Waals surface area contributed by atoms with E-state index in [2.05, 4.69) is 4.98 Å². The molecule has 0 fully saturated rings. The van der Waals surface area contributed by atoms with Crippen LogP contribution in [0.15, 0.2) is 29.1 Å². The van der Waals surface area contributed by atoms with Gasteiger partial charge >= 0.3 is 5.97 Å². The number of pyridine rings is 1. The van der Waals surface area contributed by atoms with E-state index in [1.54, 1.807) is 32.0 Å². The summed E-state index contributed by atoms with van der Waals surface area (Å²) in [6.45, 7) is 3.59. The number of hydrogen-bond acceptors (Lipinski definition) is 6. The summed E-state index contributed by atoms with van der Waals surface area (Å²) in [5.41, 5.74) is 0.671. The number of aromatic nitrogens is 1. The number of aromatic amines is 1. The Morgan fingerprint density at radius 1 is 1.23 bits per heavy atom. The van der Waals surface area contributed by atoms with Crippen LogP contribution < -0.4 is 15.0 Å². The molecule has 0 aliphatic heterocycles. The largest absolute Gasteiger partial charge is 0.507 e. The number of carbonyl (C=O) groups excluding carboxylic acids is 1. The molecule has 2 aromatic rings. The van der Waals surface area contributed by atoms with Gasteiger partial charge in [0.1, 0.15) is 17.2 Å². The maximum absolute atomic E-state index is 12.5. The fourth-order valence-corrected chi connectivity index (χ4v) is 2.88. The van der Waals surface area contributed by atoms with Gasteiger partial charge in [-0.1, -0.05) is 0 Å². The van der Waals surface area contributed by atoms with Gasteiger partial charge < -0.3 is 24.3 Å². The number of aromatic hydroxyl groups is 1. The Morgan fingerprint density at radius 2 is 1.96 bits per heavy atom. The van der Waals surface area contributed by atoms with Crippen LogP contribution in [0.3, 0.4) is 0 Å². The smallest absolute Gasteiger partial charge is 0.306 e. The molecule has 0 saturated heterocycles. The molecule has 0 aliphatic carbocycles. The molecule has 1 aromatic heterocycles. The fraction of sp³-hybridized carbons (Fsp3) is 0.368. The number of aryl methyl sites for hydroxylation is 1. The summed E-state index contributed by atoms with van der Waals surface area (Å²) in [4.78, 5) is 27.3. The van der Waals surface area contributed by atoms with Crippen molar-refractivity contribution in [3.05, 3.63) is 51.4 Å². The molecule has 0 radical (unpaired) electrons. The van der Waals surface area contributed by atoms with Crippen LogP contribution in [0.25, 0.3) is 0 Å². The van der Waals surface area contributed by atoms with Gasteiger partial charge in [0, 0.05) is 17.2 Å². The third kappa shape index (κ3) is 4.17. The van der Waals surface area contributed by atoms with E-state index in [1.807, 2.05) is 0 Å². The zero-order valence-corrected chi connectivity index (χ0v) is 15.3. The Morgan fingerprint density at radius 3 is 2.54 bits per heavy atom. The molecule has 1 aromatic carbocycles. The van der Waals surface area contributed by atoms with E-state index in [9.17, 15) is 14.7 Å². The molecule has 2 rings (SSSR count). The standard InChI is InChI=1S/C19H23NO6/c1-5-26-17(22)10-14(18-15(21)8-11(2)20-19(18)23)13-9-12(24-3)6-7-16(13)25-4/h6-9,14H,5,10H2,1-4H3,(H2,20,21,23). The molecule has 0 aliphatic rings. The van der Waals surface area contributed by atoms with Crippen LogP contribution in [0.1, 0.15) is 36.1 Å². The first-order chi connectivity index (χ1) is 12.4. The highest BCUT2D eigenvalue weighted by atomic mass is 16.5. The number of carbonyl (C=O) groups is 1. The maximum atomic E-state index is 12.5. The second-order valence-electron chi connectivity index (χ2n) is 5.75. The lowest BCUT2D eigenvalue weighted by Gasteiger charge is -2.21. The Kier molecular flexibility index (Phi) is 6.27. The number of benzene rings is 1. The summed E-state index contributed by atoms with van der Waals surface area (Å²) in [7, 11) is 3.01. The number of rotatable bonds is 7. The topological polar surface area (TPSA) is 97.8 Å². The SMILES string of the molecule is CCOC(=O)CC(c1cc(OC)ccc1OC)c1c(O)cc(C)[nH]c1=O. The van der Waals surface area contributed by atoms with Crippen LogP contribution in [0.5, 0.6) is 17.2 Å². The highest BCUT2D eigenvalue weighted by molar-refractivity contribution is 5.72. The predicted molar refractivity (Wildman–Crippen MR) is 96.1 cm³/mol. The molecule has 0 amide bonds. The lowest BCUT2D eigenvalue weighted by atomic mass is 9.87. The minimum Gasteiger partial charge on any atom is -0.507 e. The van der Waals surface area contributed by atoms with E-state index in [1.165, 1.54) is 20.3 Å². The molecule has 0 spiro atoms. The van der Waals surface area contributed by atoms with Gasteiger partial charge in [-0.15, -0.1) is 0 Å². The summed E-state index contributed by atoms with van der Waals surface area (Å²) in [5, 5.41) is 10.4. The molecule has 140 valence electrons. The second kappa shape index (κ2) is 8.42. The van der Waals surface area contributed by atoms with Gasteiger partial charge in [-0.2, -0.15) is 0 Å². The molecule has 0 bridgehead atoms. The Balaban J connectivity index is 2.67. The molecule has 0 saturated carbocycles. The van der Waals surface area contributed by atoms with Gasteiger partial charge in [0.15, 0.2) is 0 Å². The number of hydrogen-bond donors (Lipinski definition) is 2. The van der Waals surface area contributed by atoms with E-state index in [0.717, 1.165) is 0 Å². The monoisotopic (exact) mass is 361 g/mol. The van der Waals surface area contributed by atoms with E-state index in [4.69, 9.17) is 14.2 Å². The van der Waals surface area contributed by atoms with Crippen LogP contribution >= 0.6 is 0 Å². The van der Waals surface area contributed by atoms with Crippen molar-refractivity contribution in [1.82, 2.24) is 4.98 Å². The quantitative estimate of drug-likeness (QED) is 0.735. The van der Waals surface area contributed by atoms with Gasteiger partial charge in [0.25, 0.3) is 5.56 Å². The van der Waals surface area contributed by atoms with Crippen molar-refractivity contribution in [3.8, 4) is 17.2 Å². The van der Waals surface area contributed by atoms with Crippen molar-refractivity contribution in [2.75, 3.05) is 20.8 Å². The maximum Gasteiger partial charge on any atom is 0.306 e. The highest BCUT2D eigenvalue weighted by Gasteiger charge is 2.28. The van der Waals surface area contributed by atoms with Crippen molar-refractivity contribution in [2.45, 2.75) is 26.2 Å². The minimum atomic E-state index is -0.761. The second-order valence-corrected chi connectivity index (χ2v) is 5.75. The number of nitrogens with one attached hydrogen (secondary N) is 1. The molecule has 7 nitrogen and oxygen atoms in total. The first kappa shape index (κ1) is 19.4. The van der Waals surface area contributed by atoms with Crippen LogP contribution in [0.4, 0.5) is 0 Å². The number of H-pyrrole nitrogens is 1. The summed E-state index contributed by atoms with van der Waals surface area (Å²) >= 11 is 0. The predicted octanol–water partition coefficient (Wildman–Crippen LogP) is 2.49. The lowest BCUT2D eigenvalue weighted by Crippen LogP contribution is -2.21. The van der Waals surface area contributed by atoms with Crippen molar-refractivity contribution >= 4 is 5.97 Å². The van der Waals surface area contributed by atoms with E-state index in [0.29, 0.717) is 22.8 Å².